The molecule has 3 N–H and O–H groups in total. The average molecular weight is 614 g/mol. The van der Waals surface area contributed by atoms with Gasteiger partial charge in [0.15, 0.2) is 0 Å². The fraction of sp³-hybridized carbons (Fsp3) is 0.600. The summed E-state index contributed by atoms with van der Waals surface area (Å²) in [6, 6.07) is 11.8. The first kappa shape index (κ1) is 33.0. The maximum Gasteiger partial charge on any atom is 0.416 e. The predicted octanol–water partition coefficient (Wildman–Crippen LogP) is 3.84. The van der Waals surface area contributed by atoms with Gasteiger partial charge in [-0.2, -0.15) is 13.2 Å². The van der Waals surface area contributed by atoms with Gasteiger partial charge >= 0.3 is 6.18 Å². The second kappa shape index (κ2) is 15.7. The minimum Gasteiger partial charge on any atom is -0.391 e. The minimum absolute atomic E-state index is 0.0508. The molecular formula is C30H42F3N3O5S. The normalized spacial score (nSPS) is 18.4. The molecule has 0 radical (unpaired) electrons. The number of aliphatic hydroxyl groups excluding tert-OH is 3. The fourth-order valence-corrected chi connectivity index (χ4v) is 6.17. The van der Waals surface area contributed by atoms with Gasteiger partial charge in [-0.05, 0) is 49.7 Å². The summed E-state index contributed by atoms with van der Waals surface area (Å²) in [4.78, 5) is 8.41. The molecule has 42 heavy (non-hydrogen) atoms. The first-order valence-corrected chi connectivity index (χ1v) is 15.4. The van der Waals surface area contributed by atoms with E-state index < -0.39 is 30.1 Å². The smallest absolute Gasteiger partial charge is 0.391 e. The van der Waals surface area contributed by atoms with Gasteiger partial charge in [0.2, 0.25) is 0 Å². The summed E-state index contributed by atoms with van der Waals surface area (Å²) in [6.07, 6.45) is -5.04. The highest BCUT2D eigenvalue weighted by Gasteiger charge is 2.33. The van der Waals surface area contributed by atoms with Crippen LogP contribution in [0, 0.1) is 0 Å². The van der Waals surface area contributed by atoms with E-state index in [0.717, 1.165) is 60.7 Å². The van der Waals surface area contributed by atoms with Gasteiger partial charge in [-0.3, -0.25) is 4.90 Å². The van der Waals surface area contributed by atoms with Crippen LogP contribution >= 0.6 is 11.8 Å². The highest BCUT2D eigenvalue weighted by atomic mass is 32.2. The van der Waals surface area contributed by atoms with Crippen LogP contribution in [0.1, 0.15) is 25.3 Å². The van der Waals surface area contributed by atoms with E-state index >= 15 is 0 Å². The van der Waals surface area contributed by atoms with Crippen LogP contribution in [-0.2, 0) is 15.7 Å². The molecule has 2 aromatic rings. The van der Waals surface area contributed by atoms with Crippen molar-refractivity contribution >= 4 is 23.1 Å². The topological polar surface area (TPSA) is 88.9 Å². The monoisotopic (exact) mass is 613 g/mol. The number of fused-ring (bicyclic) bond motifs is 2. The highest BCUT2D eigenvalue weighted by Crippen LogP contribution is 2.49. The molecule has 0 spiro atoms. The number of anilines is 2. The zero-order valence-electron chi connectivity index (χ0n) is 24.0. The van der Waals surface area contributed by atoms with Crippen LogP contribution in [0.3, 0.4) is 0 Å². The van der Waals surface area contributed by atoms with E-state index in [1.165, 1.54) is 17.8 Å². The van der Waals surface area contributed by atoms with Crippen LogP contribution in [0.4, 0.5) is 24.5 Å². The Balaban J connectivity index is 1.18. The van der Waals surface area contributed by atoms with Gasteiger partial charge in [-0.1, -0.05) is 30.8 Å². The van der Waals surface area contributed by atoms with Crippen molar-refractivity contribution in [3.05, 3.63) is 48.0 Å². The molecule has 2 aliphatic heterocycles. The maximum atomic E-state index is 13.5. The van der Waals surface area contributed by atoms with Crippen molar-refractivity contribution in [2.24, 2.45) is 0 Å². The van der Waals surface area contributed by atoms with E-state index in [9.17, 15) is 28.5 Å². The summed E-state index contributed by atoms with van der Waals surface area (Å²) in [5.74, 6) is 0. The summed E-state index contributed by atoms with van der Waals surface area (Å²) in [5, 5.41) is 29.8. The third-order valence-corrected chi connectivity index (χ3v) is 8.59. The number of rotatable bonds is 15. The molecule has 1 fully saturated rings. The standard InChI is InChI=1S/C30H42F3N3O5S/c1-2-23(37)18-40-20-25(39)21-41-19-24(38)17-35-14-12-34(13-15-35)10-5-11-36-26-6-3-4-7-28(26)42-29-9-8-22(16-27(29)36)30(31,32)33/h3-4,6-9,16,23-25,37-39H,2,5,10-15,17-21H2,1H3. The van der Waals surface area contributed by atoms with Crippen LogP contribution in [0.5, 0.6) is 0 Å². The summed E-state index contributed by atoms with van der Waals surface area (Å²) in [7, 11) is 0. The lowest BCUT2D eigenvalue weighted by Gasteiger charge is -2.37. The Labute approximate surface area is 250 Å². The lowest BCUT2D eigenvalue weighted by atomic mass is 10.1. The molecule has 8 nitrogen and oxygen atoms in total. The molecule has 2 aliphatic rings. The molecule has 2 heterocycles. The molecule has 12 heteroatoms. The molecule has 3 unspecified atom stereocenters. The zero-order chi connectivity index (χ0) is 30.1. The average Bonchev–Trinajstić information content (AvgIpc) is 2.96. The van der Waals surface area contributed by atoms with Crippen molar-refractivity contribution in [3.63, 3.8) is 0 Å². The number of hydrogen-bond donors (Lipinski definition) is 3. The van der Waals surface area contributed by atoms with Crippen LogP contribution in [0.2, 0.25) is 0 Å². The van der Waals surface area contributed by atoms with Gasteiger partial charge < -0.3 is 34.6 Å². The van der Waals surface area contributed by atoms with Gasteiger partial charge in [0, 0.05) is 49.1 Å². The van der Waals surface area contributed by atoms with Gasteiger partial charge in [-0.25, -0.2) is 0 Å². The Morgan fingerprint density at radius 1 is 0.786 bits per heavy atom. The van der Waals surface area contributed by atoms with Gasteiger partial charge in [0.25, 0.3) is 0 Å². The summed E-state index contributed by atoms with van der Waals surface area (Å²) < 4.78 is 51.1. The second-order valence-corrected chi connectivity index (χ2v) is 11.9. The third kappa shape index (κ3) is 9.55. The number of ether oxygens (including phenoxy) is 2. The van der Waals surface area contributed by atoms with Crippen molar-refractivity contribution in [1.29, 1.82) is 0 Å². The van der Waals surface area contributed by atoms with Crippen molar-refractivity contribution in [3.8, 4) is 0 Å². The Kier molecular flexibility index (Phi) is 12.3. The van der Waals surface area contributed by atoms with Crippen molar-refractivity contribution in [2.75, 3.05) is 77.1 Å². The summed E-state index contributed by atoms with van der Waals surface area (Å²) >= 11 is 1.50. The number of β-amino-alcohol motifs (C(OH)–C–C–N with tert-alkyl or cyclic N) is 1. The first-order chi connectivity index (χ1) is 20.1. The van der Waals surface area contributed by atoms with Crippen LogP contribution in [0.25, 0.3) is 0 Å². The van der Waals surface area contributed by atoms with E-state index in [1.807, 2.05) is 36.1 Å². The largest absolute Gasteiger partial charge is 0.416 e. The number of nitrogens with zero attached hydrogens (tertiary/aromatic N) is 3. The Morgan fingerprint density at radius 2 is 1.40 bits per heavy atom. The first-order valence-electron chi connectivity index (χ1n) is 14.5. The quantitative estimate of drug-likeness (QED) is 0.277. The minimum atomic E-state index is -4.39. The van der Waals surface area contributed by atoms with Crippen LogP contribution < -0.4 is 4.90 Å². The molecule has 0 saturated carbocycles. The summed E-state index contributed by atoms with van der Waals surface area (Å²) in [5.41, 5.74) is 0.902. The van der Waals surface area contributed by atoms with E-state index in [4.69, 9.17) is 9.47 Å². The summed E-state index contributed by atoms with van der Waals surface area (Å²) in [6.45, 7) is 7.45. The van der Waals surface area contributed by atoms with Crippen molar-refractivity contribution in [2.45, 2.75) is 54.0 Å². The van der Waals surface area contributed by atoms with E-state index in [2.05, 4.69) is 9.80 Å². The molecule has 0 aliphatic carbocycles. The number of hydrogen-bond acceptors (Lipinski definition) is 9. The molecule has 1 saturated heterocycles. The number of aliphatic hydroxyl groups is 3. The molecule has 0 aromatic heterocycles. The number of para-hydroxylation sites is 1. The van der Waals surface area contributed by atoms with Gasteiger partial charge in [0.05, 0.1) is 55.6 Å². The van der Waals surface area contributed by atoms with E-state index in [1.54, 1.807) is 6.07 Å². The van der Waals surface area contributed by atoms with Gasteiger partial charge in [0.1, 0.15) is 6.10 Å². The zero-order valence-corrected chi connectivity index (χ0v) is 24.8. The number of piperazine rings is 1. The number of alkyl halides is 3. The Morgan fingerprint density at radius 3 is 2.10 bits per heavy atom. The SMILES string of the molecule is CCC(O)COCC(O)COCC(O)CN1CCN(CCCN2c3ccccc3Sc3ccc(C(F)(F)F)cc32)CC1. The predicted molar refractivity (Wildman–Crippen MR) is 156 cm³/mol. The Hall–Kier alpha value is -1.90. The van der Waals surface area contributed by atoms with E-state index in [-0.39, 0.29) is 26.4 Å². The molecule has 0 amide bonds. The lowest BCUT2D eigenvalue weighted by Crippen LogP contribution is -2.49. The van der Waals surface area contributed by atoms with Crippen LogP contribution in [0.15, 0.2) is 52.3 Å². The molecule has 3 atom stereocenters. The van der Waals surface area contributed by atoms with Crippen molar-refractivity contribution in [1.82, 2.24) is 9.80 Å². The van der Waals surface area contributed by atoms with Crippen molar-refractivity contribution < 1.29 is 38.0 Å². The molecule has 4 rings (SSSR count). The van der Waals surface area contributed by atoms with Crippen LogP contribution in [-0.4, -0.2) is 116 Å². The lowest BCUT2D eigenvalue weighted by molar-refractivity contribution is -0.137. The fourth-order valence-electron chi connectivity index (χ4n) is 5.09. The molecule has 2 aromatic carbocycles. The maximum absolute atomic E-state index is 13.5. The van der Waals surface area contributed by atoms with Gasteiger partial charge in [-0.15, -0.1) is 0 Å². The molecular weight excluding hydrogens is 571 g/mol. The third-order valence-electron chi connectivity index (χ3n) is 7.46. The molecule has 234 valence electrons. The molecule has 0 bridgehead atoms. The Bertz CT molecular complexity index is 1120. The second-order valence-electron chi connectivity index (χ2n) is 10.8. The number of halogens is 3. The van der Waals surface area contributed by atoms with E-state index in [0.29, 0.717) is 25.2 Å². The number of benzene rings is 2. The highest BCUT2D eigenvalue weighted by molar-refractivity contribution is 7.99.